The number of hydrogen-bond acceptors (Lipinski definition) is 3. The fraction of sp³-hybridized carbons (Fsp3) is 0.611. The van der Waals surface area contributed by atoms with Crippen molar-refractivity contribution in [1.82, 2.24) is 9.21 Å². The largest absolute Gasteiger partial charge is 0.339 e. The lowest BCUT2D eigenvalue weighted by molar-refractivity contribution is -0.139. The first kappa shape index (κ1) is 17.5. The topological polar surface area (TPSA) is 57.7 Å². The van der Waals surface area contributed by atoms with Gasteiger partial charge >= 0.3 is 0 Å². The molecule has 0 N–H and O–H groups in total. The summed E-state index contributed by atoms with van der Waals surface area (Å²) in [5.74, 6) is 0.290. The van der Waals surface area contributed by atoms with Crippen molar-refractivity contribution in [3.63, 3.8) is 0 Å². The van der Waals surface area contributed by atoms with Crippen LogP contribution in [0, 0.1) is 5.41 Å². The molecule has 0 atom stereocenters. The average Bonchev–Trinajstić information content (AvgIpc) is 3.43. The van der Waals surface area contributed by atoms with E-state index in [0.717, 1.165) is 43.1 Å². The van der Waals surface area contributed by atoms with Gasteiger partial charge in [0.2, 0.25) is 15.9 Å². The molecule has 5 nitrogen and oxygen atoms in total. The lowest BCUT2D eigenvalue weighted by Gasteiger charge is -2.47. The van der Waals surface area contributed by atoms with Gasteiger partial charge in [-0.25, -0.2) is 8.42 Å². The van der Waals surface area contributed by atoms with E-state index in [9.17, 15) is 13.2 Å². The summed E-state index contributed by atoms with van der Waals surface area (Å²) in [5, 5.41) is 0. The number of benzene rings is 1. The molecule has 4 rings (SSSR count). The molecule has 1 aromatic carbocycles. The molecule has 1 aliphatic carbocycles. The van der Waals surface area contributed by atoms with Crippen LogP contribution in [0.5, 0.6) is 0 Å². The van der Waals surface area contributed by atoms with E-state index in [-0.39, 0.29) is 11.3 Å². The molecule has 25 heavy (non-hydrogen) atoms. The first-order valence-corrected chi connectivity index (χ1v) is 11.2. The molecular formula is C18H23BrN2O3S. The maximum atomic E-state index is 12.9. The highest BCUT2D eigenvalue weighted by molar-refractivity contribution is 9.10. The third-order valence-corrected chi connectivity index (χ3v) is 8.36. The van der Waals surface area contributed by atoms with Crippen molar-refractivity contribution >= 4 is 31.9 Å². The predicted octanol–water partition coefficient (Wildman–Crippen LogP) is 3.00. The van der Waals surface area contributed by atoms with E-state index in [1.54, 1.807) is 28.6 Å². The molecule has 2 heterocycles. The van der Waals surface area contributed by atoms with Crippen LogP contribution in [0.2, 0.25) is 0 Å². The van der Waals surface area contributed by atoms with E-state index in [1.807, 2.05) is 0 Å². The summed E-state index contributed by atoms with van der Waals surface area (Å²) in [6.45, 7) is 1.92. The van der Waals surface area contributed by atoms with Crippen LogP contribution in [0.4, 0.5) is 0 Å². The average molecular weight is 427 g/mol. The molecule has 1 amide bonds. The van der Waals surface area contributed by atoms with Gasteiger partial charge in [0.05, 0.1) is 4.90 Å². The standard InChI is InChI=1S/C18H23BrN2O3S/c19-14-1-5-16(6-2-14)25(23,24)20-11-9-18(10-12-20)8-7-17(22)21(13-18)15-3-4-15/h1-2,5-6,15H,3-4,7-13H2. The number of amides is 1. The van der Waals surface area contributed by atoms with Gasteiger partial charge in [0.25, 0.3) is 0 Å². The second kappa shape index (κ2) is 6.35. The maximum Gasteiger partial charge on any atom is 0.243 e. The molecule has 1 aromatic rings. The number of carbonyl (C=O) groups is 1. The Labute approximate surface area is 157 Å². The first-order valence-electron chi connectivity index (χ1n) is 8.95. The van der Waals surface area contributed by atoms with Crippen LogP contribution in [0.25, 0.3) is 0 Å². The molecule has 7 heteroatoms. The molecule has 0 bridgehead atoms. The smallest absolute Gasteiger partial charge is 0.243 e. The fourth-order valence-electron chi connectivity index (χ4n) is 4.13. The van der Waals surface area contributed by atoms with Gasteiger partial charge in [-0.2, -0.15) is 4.31 Å². The molecule has 2 aliphatic heterocycles. The van der Waals surface area contributed by atoms with Crippen LogP contribution in [0.1, 0.15) is 38.5 Å². The predicted molar refractivity (Wildman–Crippen MR) is 98.5 cm³/mol. The number of halogens is 1. The molecular weight excluding hydrogens is 404 g/mol. The van der Waals surface area contributed by atoms with Gasteiger partial charge < -0.3 is 4.90 Å². The minimum atomic E-state index is -3.43. The van der Waals surface area contributed by atoms with Crippen LogP contribution in [-0.4, -0.2) is 49.2 Å². The first-order chi connectivity index (χ1) is 11.9. The van der Waals surface area contributed by atoms with E-state index < -0.39 is 10.0 Å². The number of hydrogen-bond donors (Lipinski definition) is 0. The van der Waals surface area contributed by atoms with E-state index in [1.165, 1.54) is 0 Å². The van der Waals surface area contributed by atoms with Crippen LogP contribution in [0.3, 0.4) is 0 Å². The quantitative estimate of drug-likeness (QED) is 0.745. The van der Waals surface area contributed by atoms with Crippen LogP contribution < -0.4 is 0 Å². The van der Waals surface area contributed by atoms with Crippen molar-refractivity contribution in [3.8, 4) is 0 Å². The van der Waals surface area contributed by atoms with Crippen molar-refractivity contribution in [1.29, 1.82) is 0 Å². The van der Waals surface area contributed by atoms with E-state index in [2.05, 4.69) is 20.8 Å². The Morgan fingerprint density at radius 2 is 1.68 bits per heavy atom. The minimum Gasteiger partial charge on any atom is -0.339 e. The summed E-state index contributed by atoms with van der Waals surface area (Å²) in [7, 11) is -3.43. The highest BCUT2D eigenvalue weighted by Crippen LogP contribution is 2.44. The zero-order chi connectivity index (χ0) is 17.7. The Morgan fingerprint density at radius 1 is 1.04 bits per heavy atom. The van der Waals surface area contributed by atoms with Crippen molar-refractivity contribution < 1.29 is 13.2 Å². The van der Waals surface area contributed by atoms with E-state index in [4.69, 9.17) is 0 Å². The van der Waals surface area contributed by atoms with Crippen molar-refractivity contribution in [3.05, 3.63) is 28.7 Å². The SMILES string of the molecule is O=C1CCC2(CCN(S(=O)(=O)c3ccc(Br)cc3)CC2)CN1C1CC1. The summed E-state index contributed by atoms with van der Waals surface area (Å²) >= 11 is 3.34. The highest BCUT2D eigenvalue weighted by atomic mass is 79.9. The Morgan fingerprint density at radius 3 is 2.28 bits per heavy atom. The van der Waals surface area contributed by atoms with Gasteiger partial charge in [-0.3, -0.25) is 4.79 Å². The third kappa shape index (κ3) is 3.38. The number of carbonyl (C=O) groups excluding carboxylic acids is 1. The normalized spacial score (nSPS) is 24.7. The van der Waals surface area contributed by atoms with E-state index in [0.29, 0.717) is 30.4 Å². The van der Waals surface area contributed by atoms with Gasteiger partial charge in [-0.05, 0) is 61.8 Å². The zero-order valence-corrected chi connectivity index (χ0v) is 16.6. The molecule has 1 spiro atoms. The summed E-state index contributed by atoms with van der Waals surface area (Å²) in [6, 6.07) is 7.28. The number of rotatable bonds is 3. The Bertz CT molecular complexity index is 766. The van der Waals surface area contributed by atoms with Gasteiger partial charge in [0.1, 0.15) is 0 Å². The summed E-state index contributed by atoms with van der Waals surface area (Å²) in [5.41, 5.74) is 0.113. The Balaban J connectivity index is 1.46. The summed E-state index contributed by atoms with van der Waals surface area (Å²) < 4.78 is 28.2. The lowest BCUT2D eigenvalue weighted by Crippen LogP contribution is -2.52. The molecule has 3 fully saturated rings. The molecule has 0 radical (unpaired) electrons. The third-order valence-electron chi connectivity index (χ3n) is 5.92. The van der Waals surface area contributed by atoms with Gasteiger partial charge in [0.15, 0.2) is 0 Å². The fourth-order valence-corrected chi connectivity index (χ4v) is 5.83. The maximum absolute atomic E-state index is 12.9. The van der Waals surface area contributed by atoms with Crippen LogP contribution >= 0.6 is 15.9 Å². The van der Waals surface area contributed by atoms with Gasteiger partial charge in [-0.1, -0.05) is 15.9 Å². The molecule has 3 aliphatic rings. The van der Waals surface area contributed by atoms with Gasteiger partial charge in [-0.15, -0.1) is 0 Å². The number of likely N-dealkylation sites (tertiary alicyclic amines) is 1. The monoisotopic (exact) mass is 426 g/mol. The number of piperidine rings is 2. The summed E-state index contributed by atoms with van der Waals surface area (Å²) in [6.07, 6.45) is 5.48. The van der Waals surface area contributed by atoms with Gasteiger partial charge in [0, 0.05) is 36.6 Å². The highest BCUT2D eigenvalue weighted by Gasteiger charge is 2.46. The molecule has 136 valence electrons. The second-order valence-corrected chi connectivity index (χ2v) is 10.5. The zero-order valence-electron chi connectivity index (χ0n) is 14.2. The lowest BCUT2D eigenvalue weighted by atomic mass is 9.72. The number of nitrogens with zero attached hydrogens (tertiary/aromatic N) is 2. The molecule has 2 saturated heterocycles. The van der Waals surface area contributed by atoms with Crippen molar-refractivity contribution in [2.45, 2.75) is 49.5 Å². The van der Waals surface area contributed by atoms with Crippen molar-refractivity contribution in [2.24, 2.45) is 5.41 Å². The summed E-state index contributed by atoms with van der Waals surface area (Å²) in [4.78, 5) is 14.6. The molecule has 1 saturated carbocycles. The Hall–Kier alpha value is -0.920. The van der Waals surface area contributed by atoms with E-state index >= 15 is 0 Å². The minimum absolute atomic E-state index is 0.113. The number of sulfonamides is 1. The van der Waals surface area contributed by atoms with Crippen LogP contribution in [0.15, 0.2) is 33.6 Å². The molecule has 0 aromatic heterocycles. The van der Waals surface area contributed by atoms with Crippen LogP contribution in [-0.2, 0) is 14.8 Å². The van der Waals surface area contributed by atoms with Crippen molar-refractivity contribution in [2.75, 3.05) is 19.6 Å². The second-order valence-electron chi connectivity index (χ2n) is 7.61. The Kier molecular flexibility index (Phi) is 4.45. The molecule has 0 unspecified atom stereocenters.